The number of hydrogen-bond acceptors (Lipinski definition) is 5. The van der Waals surface area contributed by atoms with E-state index >= 15 is 0 Å². The topological polar surface area (TPSA) is 99.8 Å². The van der Waals surface area contributed by atoms with Crippen LogP contribution in [-0.2, 0) is 6.54 Å². The smallest absolute Gasteiger partial charge is 0.278 e. The van der Waals surface area contributed by atoms with E-state index in [9.17, 15) is 4.79 Å². The number of nitrogens with two attached hydrogens (primary N) is 2. The summed E-state index contributed by atoms with van der Waals surface area (Å²) >= 11 is 0. The van der Waals surface area contributed by atoms with Gasteiger partial charge < -0.3 is 11.5 Å². The molecule has 6 nitrogen and oxygen atoms in total. The highest BCUT2D eigenvalue weighted by Crippen LogP contribution is 2.18. The average Bonchev–Trinajstić information content (AvgIpc) is 2.89. The maximum absolute atomic E-state index is 12.5. The maximum Gasteiger partial charge on any atom is 0.278 e. The molecule has 1 aromatic carbocycles. The quantitative estimate of drug-likeness (QED) is 0.679. The lowest BCUT2D eigenvalue weighted by atomic mass is 10.2. The summed E-state index contributed by atoms with van der Waals surface area (Å²) in [4.78, 5) is 16.5. The third-order valence-corrected chi connectivity index (χ3v) is 3.06. The summed E-state index contributed by atoms with van der Waals surface area (Å²) < 4.78 is 1.35. The van der Waals surface area contributed by atoms with Gasteiger partial charge >= 0.3 is 0 Å². The average molecular weight is 267 g/mol. The predicted molar refractivity (Wildman–Crippen MR) is 76.0 cm³/mol. The Morgan fingerprint density at radius 2 is 2.10 bits per heavy atom. The summed E-state index contributed by atoms with van der Waals surface area (Å²) in [5.74, 6) is -0.220. The molecule has 4 N–H and O–H groups in total. The van der Waals surface area contributed by atoms with Crippen molar-refractivity contribution >= 4 is 22.5 Å². The highest BCUT2D eigenvalue weighted by atomic mass is 16.2. The zero-order valence-electron chi connectivity index (χ0n) is 10.7. The van der Waals surface area contributed by atoms with E-state index in [-0.39, 0.29) is 12.5 Å². The number of aromatic nitrogens is 3. The molecule has 0 atom stereocenters. The van der Waals surface area contributed by atoms with Crippen LogP contribution in [0.25, 0.3) is 10.9 Å². The molecule has 0 aliphatic rings. The van der Waals surface area contributed by atoms with Gasteiger partial charge in [0.05, 0.1) is 17.4 Å². The number of pyridine rings is 1. The summed E-state index contributed by atoms with van der Waals surface area (Å²) in [6.07, 6.45) is 3.19. The molecule has 0 saturated carbocycles. The highest BCUT2D eigenvalue weighted by Gasteiger charge is 2.13. The molecule has 0 bridgehead atoms. The number of nitrogens with zero attached hydrogens (tertiary/aromatic N) is 3. The van der Waals surface area contributed by atoms with Crippen molar-refractivity contribution in [1.29, 1.82) is 0 Å². The van der Waals surface area contributed by atoms with Crippen LogP contribution in [0.3, 0.4) is 0 Å². The van der Waals surface area contributed by atoms with Gasteiger partial charge in [0.15, 0.2) is 0 Å². The van der Waals surface area contributed by atoms with Gasteiger partial charge in [-0.15, -0.1) is 0 Å². The van der Waals surface area contributed by atoms with Crippen LogP contribution < -0.4 is 11.5 Å². The third kappa shape index (κ3) is 2.02. The van der Waals surface area contributed by atoms with Gasteiger partial charge in [-0.25, -0.2) is 0 Å². The lowest BCUT2D eigenvalue weighted by Crippen LogP contribution is -2.14. The summed E-state index contributed by atoms with van der Waals surface area (Å²) in [5, 5.41) is 4.95. The number of nitrogen functional groups attached to an aromatic ring is 1. The van der Waals surface area contributed by atoms with Crippen LogP contribution in [-0.4, -0.2) is 20.7 Å². The Morgan fingerprint density at radius 3 is 2.90 bits per heavy atom. The standard InChI is InChI=1S/C14H13N5O/c15-7-12-6-9(3-4-17-12)14(20)19-13-2-1-11(16)5-10(13)8-18-19/h1-6,8H,7,15-16H2. The molecule has 0 radical (unpaired) electrons. The molecule has 2 heterocycles. The van der Waals surface area contributed by atoms with E-state index in [4.69, 9.17) is 11.5 Å². The number of fused-ring (bicyclic) bond motifs is 1. The molecule has 3 aromatic rings. The molecule has 0 aliphatic carbocycles. The van der Waals surface area contributed by atoms with Crippen LogP contribution in [0, 0.1) is 0 Å². The Kier molecular flexibility index (Phi) is 2.92. The van der Waals surface area contributed by atoms with Crippen molar-refractivity contribution in [2.75, 3.05) is 5.73 Å². The minimum absolute atomic E-state index is 0.220. The SMILES string of the molecule is NCc1cc(C(=O)n2ncc3cc(N)ccc32)ccn1. The zero-order valence-corrected chi connectivity index (χ0v) is 10.7. The van der Waals surface area contributed by atoms with E-state index in [1.54, 1.807) is 42.7 Å². The minimum Gasteiger partial charge on any atom is -0.399 e. The first-order valence-electron chi connectivity index (χ1n) is 6.12. The van der Waals surface area contributed by atoms with Gasteiger partial charge in [-0.1, -0.05) is 0 Å². The van der Waals surface area contributed by atoms with Crippen molar-refractivity contribution in [2.24, 2.45) is 5.73 Å². The highest BCUT2D eigenvalue weighted by molar-refractivity contribution is 6.01. The van der Waals surface area contributed by atoms with E-state index in [1.165, 1.54) is 4.68 Å². The van der Waals surface area contributed by atoms with Gasteiger partial charge in [0.1, 0.15) is 0 Å². The Bertz CT molecular complexity index is 793. The van der Waals surface area contributed by atoms with Crippen LogP contribution in [0.2, 0.25) is 0 Å². The number of carbonyl (C=O) groups excluding carboxylic acids is 1. The largest absolute Gasteiger partial charge is 0.399 e. The Hall–Kier alpha value is -2.73. The van der Waals surface area contributed by atoms with Gasteiger partial charge in [-0.05, 0) is 30.3 Å². The van der Waals surface area contributed by atoms with Gasteiger partial charge in [0.2, 0.25) is 0 Å². The first-order valence-corrected chi connectivity index (χ1v) is 6.12. The fourth-order valence-corrected chi connectivity index (χ4v) is 2.06. The molecule has 0 saturated heterocycles. The van der Waals surface area contributed by atoms with Gasteiger partial charge in [0, 0.05) is 29.4 Å². The number of hydrogen-bond donors (Lipinski definition) is 2. The van der Waals surface area contributed by atoms with Gasteiger partial charge in [-0.2, -0.15) is 9.78 Å². The van der Waals surface area contributed by atoms with Gasteiger partial charge in [-0.3, -0.25) is 9.78 Å². The van der Waals surface area contributed by atoms with Crippen molar-refractivity contribution in [3.05, 3.63) is 54.0 Å². The molecule has 6 heteroatoms. The van der Waals surface area contributed by atoms with Crippen LogP contribution in [0.4, 0.5) is 5.69 Å². The summed E-state index contributed by atoms with van der Waals surface area (Å²) in [7, 11) is 0. The van der Waals surface area contributed by atoms with Crippen LogP contribution in [0.15, 0.2) is 42.7 Å². The molecule has 0 aliphatic heterocycles. The first-order chi connectivity index (χ1) is 9.69. The Labute approximate surface area is 115 Å². The number of carbonyl (C=O) groups is 1. The number of anilines is 1. The molecule has 100 valence electrons. The maximum atomic E-state index is 12.5. The van der Waals surface area contributed by atoms with Crippen LogP contribution >= 0.6 is 0 Å². The summed E-state index contributed by atoms with van der Waals surface area (Å²) in [6.45, 7) is 0.289. The predicted octanol–water partition coefficient (Wildman–Crippen LogP) is 1.16. The van der Waals surface area contributed by atoms with Crippen molar-refractivity contribution in [1.82, 2.24) is 14.8 Å². The molecule has 0 spiro atoms. The van der Waals surface area contributed by atoms with Gasteiger partial charge in [0.25, 0.3) is 5.91 Å². The van der Waals surface area contributed by atoms with E-state index in [0.29, 0.717) is 16.9 Å². The van der Waals surface area contributed by atoms with Crippen molar-refractivity contribution in [3.8, 4) is 0 Å². The molecular formula is C14H13N5O. The van der Waals surface area contributed by atoms with E-state index < -0.39 is 0 Å². The van der Waals surface area contributed by atoms with Crippen molar-refractivity contribution < 1.29 is 4.79 Å². The molecule has 0 fully saturated rings. The number of benzene rings is 1. The lowest BCUT2D eigenvalue weighted by Gasteiger charge is -2.04. The van der Waals surface area contributed by atoms with E-state index in [0.717, 1.165) is 10.9 Å². The Balaban J connectivity index is 2.08. The zero-order chi connectivity index (χ0) is 14.1. The summed E-state index contributed by atoms with van der Waals surface area (Å²) in [6, 6.07) is 8.62. The summed E-state index contributed by atoms with van der Waals surface area (Å²) in [5.41, 5.74) is 13.8. The monoisotopic (exact) mass is 267 g/mol. The normalized spacial score (nSPS) is 10.8. The molecular weight excluding hydrogens is 254 g/mol. The second-order valence-electron chi connectivity index (χ2n) is 4.42. The van der Waals surface area contributed by atoms with Crippen LogP contribution in [0.1, 0.15) is 16.1 Å². The lowest BCUT2D eigenvalue weighted by molar-refractivity contribution is 0.0950. The fraction of sp³-hybridized carbons (Fsp3) is 0.0714. The van der Waals surface area contributed by atoms with E-state index in [1.807, 2.05) is 0 Å². The fourth-order valence-electron chi connectivity index (χ4n) is 2.06. The van der Waals surface area contributed by atoms with Crippen molar-refractivity contribution in [3.63, 3.8) is 0 Å². The second-order valence-corrected chi connectivity index (χ2v) is 4.42. The van der Waals surface area contributed by atoms with Crippen LogP contribution in [0.5, 0.6) is 0 Å². The molecule has 2 aromatic heterocycles. The first kappa shape index (κ1) is 12.3. The second kappa shape index (κ2) is 4.75. The number of rotatable bonds is 2. The molecule has 3 rings (SSSR count). The molecule has 0 unspecified atom stereocenters. The van der Waals surface area contributed by atoms with E-state index in [2.05, 4.69) is 10.1 Å². The minimum atomic E-state index is -0.220. The third-order valence-electron chi connectivity index (χ3n) is 3.06. The van der Waals surface area contributed by atoms with Crippen molar-refractivity contribution in [2.45, 2.75) is 6.54 Å². The Morgan fingerprint density at radius 1 is 1.25 bits per heavy atom. The molecule has 0 amide bonds. The molecule has 20 heavy (non-hydrogen) atoms.